The summed E-state index contributed by atoms with van der Waals surface area (Å²) in [5.74, 6) is -0.0650. The summed E-state index contributed by atoms with van der Waals surface area (Å²) < 4.78 is 5.19. The minimum absolute atomic E-state index is 0.0147. The van der Waals surface area contributed by atoms with Crippen LogP contribution in [0.25, 0.3) is 0 Å². The predicted molar refractivity (Wildman–Crippen MR) is 77.5 cm³/mol. The van der Waals surface area contributed by atoms with Crippen molar-refractivity contribution in [2.45, 2.75) is 26.7 Å². The third-order valence-electron chi connectivity index (χ3n) is 3.47. The van der Waals surface area contributed by atoms with E-state index in [0.29, 0.717) is 25.0 Å². The standard InChI is InChI=1S/C16H19NO3/c1-4-14(18)13-8-9-17(16(19)15(13)20-3)12-7-5-6-11(2)10-12/h5-7,10H,4,8-9H2,1-3H3. The molecule has 20 heavy (non-hydrogen) atoms. The molecule has 0 fully saturated rings. The van der Waals surface area contributed by atoms with Crippen LogP contribution >= 0.6 is 0 Å². The van der Waals surface area contributed by atoms with E-state index < -0.39 is 0 Å². The molecule has 0 saturated heterocycles. The van der Waals surface area contributed by atoms with E-state index in [4.69, 9.17) is 4.74 Å². The molecule has 0 aliphatic carbocycles. The fourth-order valence-electron chi connectivity index (χ4n) is 2.42. The molecule has 0 atom stereocenters. The number of anilines is 1. The van der Waals surface area contributed by atoms with E-state index in [1.807, 2.05) is 31.2 Å². The summed E-state index contributed by atoms with van der Waals surface area (Å²) in [4.78, 5) is 26.0. The highest BCUT2D eigenvalue weighted by Gasteiger charge is 2.31. The second-order valence-corrected chi connectivity index (χ2v) is 4.83. The number of carbonyl (C=O) groups is 2. The van der Waals surface area contributed by atoms with Crippen LogP contribution in [0.1, 0.15) is 25.3 Å². The van der Waals surface area contributed by atoms with Crippen molar-refractivity contribution < 1.29 is 14.3 Å². The minimum atomic E-state index is -0.235. The van der Waals surface area contributed by atoms with Crippen LogP contribution in [0.4, 0.5) is 5.69 Å². The number of hydrogen-bond acceptors (Lipinski definition) is 3. The zero-order valence-electron chi connectivity index (χ0n) is 12.1. The van der Waals surface area contributed by atoms with E-state index in [1.165, 1.54) is 7.11 Å². The Hall–Kier alpha value is -2.10. The number of ether oxygens (including phenoxy) is 1. The molecule has 0 bridgehead atoms. The Labute approximate surface area is 119 Å². The first-order valence-electron chi connectivity index (χ1n) is 6.77. The number of ketones is 1. The van der Waals surface area contributed by atoms with E-state index in [-0.39, 0.29) is 17.4 Å². The summed E-state index contributed by atoms with van der Waals surface area (Å²) in [7, 11) is 1.44. The first kappa shape index (κ1) is 14.3. The van der Waals surface area contributed by atoms with Gasteiger partial charge in [0.2, 0.25) is 0 Å². The molecular weight excluding hydrogens is 254 g/mol. The van der Waals surface area contributed by atoms with Crippen molar-refractivity contribution in [3.8, 4) is 0 Å². The van der Waals surface area contributed by atoms with Crippen LogP contribution in [0.5, 0.6) is 0 Å². The lowest BCUT2D eigenvalue weighted by Crippen LogP contribution is -2.39. The molecule has 1 aliphatic heterocycles. The van der Waals surface area contributed by atoms with Crippen molar-refractivity contribution in [2.75, 3.05) is 18.6 Å². The van der Waals surface area contributed by atoms with Crippen LogP contribution in [0, 0.1) is 6.92 Å². The first-order valence-corrected chi connectivity index (χ1v) is 6.77. The largest absolute Gasteiger partial charge is 0.491 e. The van der Waals surface area contributed by atoms with Crippen molar-refractivity contribution in [3.63, 3.8) is 0 Å². The van der Waals surface area contributed by atoms with Crippen LogP contribution in [0.3, 0.4) is 0 Å². The van der Waals surface area contributed by atoms with E-state index in [9.17, 15) is 9.59 Å². The molecule has 0 unspecified atom stereocenters. The number of rotatable bonds is 4. The number of hydrogen-bond donors (Lipinski definition) is 0. The Balaban J connectivity index is 2.37. The number of methoxy groups -OCH3 is 1. The Kier molecular flexibility index (Phi) is 4.23. The monoisotopic (exact) mass is 273 g/mol. The highest BCUT2D eigenvalue weighted by Crippen LogP contribution is 2.26. The first-order chi connectivity index (χ1) is 9.58. The zero-order valence-corrected chi connectivity index (χ0v) is 12.1. The van der Waals surface area contributed by atoms with Gasteiger partial charge in [0.25, 0.3) is 5.91 Å². The van der Waals surface area contributed by atoms with Gasteiger partial charge in [-0.25, -0.2) is 0 Å². The van der Waals surface area contributed by atoms with Gasteiger partial charge >= 0.3 is 0 Å². The van der Waals surface area contributed by atoms with Gasteiger partial charge in [-0.05, 0) is 31.0 Å². The molecule has 0 saturated carbocycles. The average molecular weight is 273 g/mol. The second-order valence-electron chi connectivity index (χ2n) is 4.83. The molecule has 4 nitrogen and oxygen atoms in total. The van der Waals surface area contributed by atoms with Crippen LogP contribution in [-0.2, 0) is 14.3 Å². The van der Waals surface area contributed by atoms with Gasteiger partial charge in [-0.15, -0.1) is 0 Å². The summed E-state index contributed by atoms with van der Waals surface area (Å²) in [6.07, 6.45) is 0.926. The van der Waals surface area contributed by atoms with Crippen LogP contribution in [-0.4, -0.2) is 25.3 Å². The van der Waals surface area contributed by atoms with E-state index in [2.05, 4.69) is 0 Å². The van der Waals surface area contributed by atoms with Gasteiger partial charge in [-0.3, -0.25) is 9.59 Å². The summed E-state index contributed by atoms with van der Waals surface area (Å²) >= 11 is 0. The third kappa shape index (κ3) is 2.59. The van der Waals surface area contributed by atoms with Gasteiger partial charge in [0.05, 0.1) is 7.11 Å². The number of Topliss-reactive ketones (excluding diaryl/α,β-unsaturated/α-hetero) is 1. The van der Waals surface area contributed by atoms with Crippen LogP contribution in [0.15, 0.2) is 35.6 Å². The van der Waals surface area contributed by atoms with Crippen molar-refractivity contribution >= 4 is 17.4 Å². The number of aryl methyl sites for hydroxylation is 1. The fourth-order valence-corrected chi connectivity index (χ4v) is 2.42. The molecule has 0 N–H and O–H groups in total. The topological polar surface area (TPSA) is 46.6 Å². The number of benzene rings is 1. The molecule has 1 aliphatic rings. The molecule has 1 amide bonds. The quantitative estimate of drug-likeness (QED) is 0.847. The van der Waals surface area contributed by atoms with Gasteiger partial charge in [-0.2, -0.15) is 0 Å². The Bertz CT molecular complexity index is 575. The Morgan fingerprint density at radius 1 is 1.40 bits per heavy atom. The molecule has 106 valence electrons. The van der Waals surface area contributed by atoms with E-state index >= 15 is 0 Å². The zero-order chi connectivity index (χ0) is 14.7. The third-order valence-corrected chi connectivity index (χ3v) is 3.47. The van der Waals surface area contributed by atoms with E-state index in [0.717, 1.165) is 11.3 Å². The highest BCUT2D eigenvalue weighted by atomic mass is 16.5. The molecule has 2 rings (SSSR count). The molecule has 0 aromatic heterocycles. The predicted octanol–water partition coefficient (Wildman–Crippen LogP) is 2.61. The number of amides is 1. The smallest absolute Gasteiger partial charge is 0.293 e. The van der Waals surface area contributed by atoms with Gasteiger partial charge < -0.3 is 9.64 Å². The lowest BCUT2D eigenvalue weighted by atomic mass is 9.99. The Morgan fingerprint density at radius 3 is 2.75 bits per heavy atom. The maximum atomic E-state index is 12.5. The summed E-state index contributed by atoms with van der Waals surface area (Å²) in [6, 6.07) is 7.75. The molecule has 0 radical (unpaired) electrons. The minimum Gasteiger partial charge on any atom is -0.491 e. The summed E-state index contributed by atoms with van der Waals surface area (Å²) in [5.41, 5.74) is 2.45. The molecule has 4 heteroatoms. The van der Waals surface area contributed by atoms with Gasteiger partial charge in [0, 0.05) is 24.2 Å². The SMILES string of the molecule is CCC(=O)C1=C(OC)C(=O)N(c2cccc(C)c2)CC1. The maximum absolute atomic E-state index is 12.5. The second kappa shape index (κ2) is 5.90. The normalized spacial score (nSPS) is 15.6. The molecule has 1 heterocycles. The molecule has 0 spiro atoms. The van der Waals surface area contributed by atoms with E-state index in [1.54, 1.807) is 11.8 Å². The lowest BCUT2D eigenvalue weighted by molar-refractivity contribution is -0.121. The van der Waals surface area contributed by atoms with Crippen molar-refractivity contribution in [3.05, 3.63) is 41.2 Å². The van der Waals surface area contributed by atoms with Crippen molar-refractivity contribution in [2.24, 2.45) is 0 Å². The number of nitrogens with zero attached hydrogens (tertiary/aromatic N) is 1. The Morgan fingerprint density at radius 2 is 2.15 bits per heavy atom. The van der Waals surface area contributed by atoms with Gasteiger partial charge in [0.15, 0.2) is 11.5 Å². The van der Waals surface area contributed by atoms with Crippen molar-refractivity contribution in [1.29, 1.82) is 0 Å². The molecule has 1 aromatic rings. The van der Waals surface area contributed by atoms with Crippen LogP contribution < -0.4 is 4.90 Å². The summed E-state index contributed by atoms with van der Waals surface area (Å²) in [6.45, 7) is 4.28. The molecule has 1 aromatic carbocycles. The van der Waals surface area contributed by atoms with Gasteiger partial charge in [0.1, 0.15) is 0 Å². The highest BCUT2D eigenvalue weighted by molar-refractivity contribution is 6.11. The molecular formula is C16H19NO3. The fraction of sp³-hybridized carbons (Fsp3) is 0.375. The van der Waals surface area contributed by atoms with Gasteiger partial charge in [-0.1, -0.05) is 19.1 Å². The van der Waals surface area contributed by atoms with Crippen LogP contribution in [0.2, 0.25) is 0 Å². The van der Waals surface area contributed by atoms with Crippen molar-refractivity contribution in [1.82, 2.24) is 0 Å². The lowest BCUT2D eigenvalue weighted by Gasteiger charge is -2.29. The average Bonchev–Trinajstić information content (AvgIpc) is 2.46. The maximum Gasteiger partial charge on any atom is 0.293 e. The number of carbonyl (C=O) groups excluding carboxylic acids is 2. The summed E-state index contributed by atoms with van der Waals surface area (Å²) in [5, 5.41) is 0.